The predicted octanol–water partition coefficient (Wildman–Crippen LogP) is 3.29. The molecule has 0 aromatic heterocycles. The van der Waals surface area contributed by atoms with Gasteiger partial charge in [0.1, 0.15) is 0 Å². The van der Waals surface area contributed by atoms with Crippen molar-refractivity contribution in [2.24, 2.45) is 0 Å². The van der Waals surface area contributed by atoms with E-state index < -0.39 is 0 Å². The molecule has 0 N–H and O–H groups in total. The van der Waals surface area contributed by atoms with Gasteiger partial charge in [-0.15, -0.1) is 5.92 Å². The standard InChI is InChI=1S/C17H19N/c1-3-4-10-18-11-9-15-13(2)14-7-5-6-8-16(14)17(15)12-18/h5-8,17H,9-12H2,1-2H3. The molecule has 1 saturated heterocycles. The van der Waals surface area contributed by atoms with Crippen molar-refractivity contribution in [3.8, 4) is 11.8 Å². The summed E-state index contributed by atoms with van der Waals surface area (Å²) in [5.41, 5.74) is 6.19. The highest BCUT2D eigenvalue weighted by molar-refractivity contribution is 5.77. The van der Waals surface area contributed by atoms with Crippen LogP contribution in [0.25, 0.3) is 5.57 Å². The van der Waals surface area contributed by atoms with E-state index in [-0.39, 0.29) is 0 Å². The molecular formula is C17H19N. The van der Waals surface area contributed by atoms with Gasteiger partial charge in [0.25, 0.3) is 0 Å². The van der Waals surface area contributed by atoms with Crippen molar-refractivity contribution in [2.45, 2.75) is 26.2 Å². The lowest BCUT2D eigenvalue weighted by molar-refractivity contribution is 0.270. The maximum Gasteiger partial charge on any atom is 0.0601 e. The lowest BCUT2D eigenvalue weighted by Gasteiger charge is -2.32. The van der Waals surface area contributed by atoms with Crippen LogP contribution in [0.3, 0.4) is 0 Å². The first-order chi connectivity index (χ1) is 8.81. The molecule has 1 unspecified atom stereocenters. The van der Waals surface area contributed by atoms with Gasteiger partial charge in [0, 0.05) is 19.0 Å². The molecule has 0 spiro atoms. The van der Waals surface area contributed by atoms with E-state index in [2.05, 4.69) is 47.9 Å². The molecule has 1 aromatic rings. The van der Waals surface area contributed by atoms with Crippen LogP contribution in [-0.4, -0.2) is 24.5 Å². The number of rotatable bonds is 1. The molecule has 18 heavy (non-hydrogen) atoms. The van der Waals surface area contributed by atoms with Gasteiger partial charge in [0.2, 0.25) is 0 Å². The van der Waals surface area contributed by atoms with Gasteiger partial charge in [-0.2, -0.15) is 0 Å². The topological polar surface area (TPSA) is 3.24 Å². The summed E-state index contributed by atoms with van der Waals surface area (Å²) >= 11 is 0. The highest BCUT2D eigenvalue weighted by Crippen LogP contribution is 2.45. The fourth-order valence-corrected chi connectivity index (χ4v) is 3.30. The second-order valence-electron chi connectivity index (χ2n) is 5.20. The van der Waals surface area contributed by atoms with Gasteiger partial charge >= 0.3 is 0 Å². The first-order valence-corrected chi connectivity index (χ1v) is 6.72. The third kappa shape index (κ3) is 1.78. The third-order valence-corrected chi connectivity index (χ3v) is 4.26. The van der Waals surface area contributed by atoms with E-state index in [1.165, 1.54) is 23.1 Å². The molecular weight excluding hydrogens is 218 g/mol. The highest BCUT2D eigenvalue weighted by Gasteiger charge is 2.33. The Morgan fingerprint density at radius 3 is 3.00 bits per heavy atom. The fraction of sp³-hybridized carbons (Fsp3) is 0.412. The molecule has 1 heteroatoms. The van der Waals surface area contributed by atoms with Crippen LogP contribution in [0.4, 0.5) is 0 Å². The Labute approximate surface area is 110 Å². The summed E-state index contributed by atoms with van der Waals surface area (Å²) in [6.07, 6.45) is 1.20. The molecule has 1 aliphatic heterocycles. The van der Waals surface area contributed by atoms with Crippen LogP contribution in [0.2, 0.25) is 0 Å². The number of hydrogen-bond donors (Lipinski definition) is 0. The van der Waals surface area contributed by atoms with E-state index in [1.54, 1.807) is 5.57 Å². The average Bonchev–Trinajstić information content (AvgIpc) is 2.71. The zero-order valence-electron chi connectivity index (χ0n) is 11.2. The average molecular weight is 237 g/mol. The molecule has 3 rings (SSSR count). The third-order valence-electron chi connectivity index (χ3n) is 4.26. The van der Waals surface area contributed by atoms with Crippen molar-refractivity contribution in [2.75, 3.05) is 19.6 Å². The Bertz CT molecular complexity index is 556. The van der Waals surface area contributed by atoms with Crippen LogP contribution in [0.15, 0.2) is 29.8 Å². The summed E-state index contributed by atoms with van der Waals surface area (Å²) in [5.74, 6) is 6.81. The molecule has 0 radical (unpaired) electrons. The number of nitrogens with zero attached hydrogens (tertiary/aromatic N) is 1. The summed E-state index contributed by atoms with van der Waals surface area (Å²) in [6.45, 7) is 7.42. The van der Waals surface area contributed by atoms with Crippen LogP contribution in [0, 0.1) is 11.8 Å². The maximum absolute atomic E-state index is 3.19. The Balaban J connectivity index is 1.89. The normalized spacial score (nSPS) is 22.2. The largest absolute Gasteiger partial charge is 0.291 e. The van der Waals surface area contributed by atoms with Crippen LogP contribution in [0.5, 0.6) is 0 Å². The molecule has 1 fully saturated rings. The van der Waals surface area contributed by atoms with Gasteiger partial charge in [0.15, 0.2) is 0 Å². The minimum atomic E-state index is 0.619. The Hall–Kier alpha value is -1.52. The summed E-state index contributed by atoms with van der Waals surface area (Å²) in [6, 6.07) is 8.89. The first kappa shape index (κ1) is 11.6. The first-order valence-electron chi connectivity index (χ1n) is 6.72. The van der Waals surface area contributed by atoms with Gasteiger partial charge in [-0.3, -0.25) is 4.90 Å². The van der Waals surface area contributed by atoms with Crippen molar-refractivity contribution in [1.29, 1.82) is 0 Å². The SMILES string of the molecule is CC#CCN1CCC2=C(C)c3ccccc3C2C1. The zero-order valence-corrected chi connectivity index (χ0v) is 11.2. The van der Waals surface area contributed by atoms with Crippen molar-refractivity contribution in [3.05, 3.63) is 41.0 Å². The summed E-state index contributed by atoms with van der Waals surface area (Å²) in [4.78, 5) is 2.49. The van der Waals surface area contributed by atoms with E-state index in [1.807, 2.05) is 6.92 Å². The molecule has 0 saturated carbocycles. The quantitative estimate of drug-likeness (QED) is 0.677. The smallest absolute Gasteiger partial charge is 0.0601 e. The Morgan fingerprint density at radius 2 is 2.17 bits per heavy atom. The Kier molecular flexibility index (Phi) is 2.97. The van der Waals surface area contributed by atoms with Crippen LogP contribution < -0.4 is 0 Å². The molecule has 1 heterocycles. The molecule has 1 atom stereocenters. The van der Waals surface area contributed by atoms with Crippen LogP contribution in [-0.2, 0) is 0 Å². The van der Waals surface area contributed by atoms with E-state index in [0.717, 1.165) is 19.6 Å². The van der Waals surface area contributed by atoms with E-state index in [0.29, 0.717) is 5.92 Å². The van der Waals surface area contributed by atoms with Crippen molar-refractivity contribution < 1.29 is 0 Å². The van der Waals surface area contributed by atoms with Gasteiger partial charge in [0.05, 0.1) is 6.54 Å². The summed E-state index contributed by atoms with van der Waals surface area (Å²) in [5, 5.41) is 0. The number of fused-ring (bicyclic) bond motifs is 3. The lowest BCUT2D eigenvalue weighted by Crippen LogP contribution is -2.35. The number of piperidine rings is 1. The number of likely N-dealkylation sites (tertiary alicyclic amines) is 1. The number of hydrogen-bond acceptors (Lipinski definition) is 1. The molecule has 1 aromatic carbocycles. The second-order valence-corrected chi connectivity index (χ2v) is 5.20. The number of benzene rings is 1. The number of allylic oxidation sites excluding steroid dienone is 1. The molecule has 1 aliphatic carbocycles. The molecule has 0 bridgehead atoms. The van der Waals surface area contributed by atoms with Gasteiger partial charge in [-0.25, -0.2) is 0 Å². The zero-order chi connectivity index (χ0) is 12.5. The van der Waals surface area contributed by atoms with Crippen LogP contribution >= 0.6 is 0 Å². The minimum absolute atomic E-state index is 0.619. The van der Waals surface area contributed by atoms with Crippen molar-refractivity contribution >= 4 is 5.57 Å². The molecule has 1 nitrogen and oxygen atoms in total. The van der Waals surface area contributed by atoms with E-state index in [9.17, 15) is 0 Å². The lowest BCUT2D eigenvalue weighted by atomic mass is 9.90. The highest BCUT2D eigenvalue weighted by atomic mass is 15.1. The summed E-state index contributed by atoms with van der Waals surface area (Å²) < 4.78 is 0. The van der Waals surface area contributed by atoms with Gasteiger partial charge < -0.3 is 0 Å². The maximum atomic E-state index is 3.19. The molecule has 0 amide bonds. The van der Waals surface area contributed by atoms with Gasteiger partial charge in [-0.05, 0) is 37.0 Å². The van der Waals surface area contributed by atoms with Gasteiger partial charge in [-0.1, -0.05) is 35.8 Å². The molecule has 2 aliphatic rings. The monoisotopic (exact) mass is 237 g/mol. The molecule has 92 valence electrons. The predicted molar refractivity (Wildman–Crippen MR) is 76.3 cm³/mol. The minimum Gasteiger partial charge on any atom is -0.291 e. The van der Waals surface area contributed by atoms with Crippen LogP contribution in [0.1, 0.15) is 37.3 Å². The van der Waals surface area contributed by atoms with E-state index in [4.69, 9.17) is 0 Å². The summed E-state index contributed by atoms with van der Waals surface area (Å²) in [7, 11) is 0. The van der Waals surface area contributed by atoms with Crippen molar-refractivity contribution in [3.63, 3.8) is 0 Å². The van der Waals surface area contributed by atoms with E-state index >= 15 is 0 Å². The fourth-order valence-electron chi connectivity index (χ4n) is 3.30. The second kappa shape index (κ2) is 4.63. The Morgan fingerprint density at radius 1 is 1.33 bits per heavy atom. The van der Waals surface area contributed by atoms with Crippen molar-refractivity contribution in [1.82, 2.24) is 4.90 Å².